The SMILES string of the molecule is NC1CCC(CN2CC3CCCC32)C1. The van der Waals surface area contributed by atoms with Crippen molar-refractivity contribution in [3.63, 3.8) is 0 Å². The molecule has 0 aromatic carbocycles. The first kappa shape index (κ1) is 9.17. The topological polar surface area (TPSA) is 29.3 Å². The molecule has 1 aliphatic heterocycles. The minimum atomic E-state index is 0.514. The molecule has 1 heterocycles. The van der Waals surface area contributed by atoms with Gasteiger partial charge in [0.15, 0.2) is 0 Å². The maximum Gasteiger partial charge on any atom is 0.0136 e. The normalized spacial score (nSPS) is 47.8. The number of likely N-dealkylation sites (tertiary alicyclic amines) is 1. The van der Waals surface area contributed by atoms with Gasteiger partial charge < -0.3 is 5.73 Å². The molecule has 0 aromatic rings. The summed E-state index contributed by atoms with van der Waals surface area (Å²) in [5, 5.41) is 0. The third-order valence-electron chi connectivity index (χ3n) is 4.63. The van der Waals surface area contributed by atoms with Crippen molar-refractivity contribution < 1.29 is 0 Å². The highest BCUT2D eigenvalue weighted by molar-refractivity contribution is 4.97. The summed E-state index contributed by atoms with van der Waals surface area (Å²) in [6.07, 6.45) is 8.40. The van der Waals surface area contributed by atoms with E-state index >= 15 is 0 Å². The fraction of sp³-hybridized carbons (Fsp3) is 1.00. The van der Waals surface area contributed by atoms with Crippen LogP contribution in [-0.2, 0) is 0 Å². The lowest BCUT2D eigenvalue weighted by Crippen LogP contribution is -2.54. The van der Waals surface area contributed by atoms with Crippen molar-refractivity contribution in [3.8, 4) is 0 Å². The van der Waals surface area contributed by atoms with E-state index in [1.807, 2.05) is 0 Å². The van der Waals surface area contributed by atoms with E-state index < -0.39 is 0 Å². The van der Waals surface area contributed by atoms with Crippen molar-refractivity contribution in [1.29, 1.82) is 0 Å². The van der Waals surface area contributed by atoms with E-state index in [-0.39, 0.29) is 0 Å². The Kier molecular flexibility index (Phi) is 2.29. The van der Waals surface area contributed by atoms with Crippen LogP contribution in [0, 0.1) is 11.8 Å². The lowest BCUT2D eigenvalue weighted by molar-refractivity contribution is 0.0241. The summed E-state index contributed by atoms with van der Waals surface area (Å²) in [5.74, 6) is 2.00. The van der Waals surface area contributed by atoms with Crippen LogP contribution in [-0.4, -0.2) is 30.1 Å². The van der Waals surface area contributed by atoms with E-state index in [2.05, 4.69) is 4.90 Å². The average Bonchev–Trinajstić information content (AvgIpc) is 2.68. The Bertz CT molecular complexity index is 216. The van der Waals surface area contributed by atoms with E-state index in [4.69, 9.17) is 5.73 Å². The Morgan fingerprint density at radius 3 is 2.79 bits per heavy atom. The van der Waals surface area contributed by atoms with Gasteiger partial charge in [0, 0.05) is 25.2 Å². The molecule has 3 rings (SSSR count). The van der Waals surface area contributed by atoms with Crippen molar-refractivity contribution >= 4 is 0 Å². The first-order valence-electron chi connectivity index (χ1n) is 6.32. The van der Waals surface area contributed by atoms with Crippen LogP contribution >= 0.6 is 0 Å². The molecule has 0 spiro atoms. The third kappa shape index (κ3) is 1.49. The quantitative estimate of drug-likeness (QED) is 0.723. The molecule has 2 saturated carbocycles. The summed E-state index contributed by atoms with van der Waals surface area (Å²) in [6.45, 7) is 2.76. The first-order chi connectivity index (χ1) is 6.83. The molecule has 3 aliphatic rings. The van der Waals surface area contributed by atoms with E-state index in [1.165, 1.54) is 51.6 Å². The highest BCUT2D eigenvalue weighted by atomic mass is 15.2. The molecule has 0 radical (unpaired) electrons. The second kappa shape index (κ2) is 3.49. The Labute approximate surface area is 86.8 Å². The van der Waals surface area contributed by atoms with Gasteiger partial charge in [-0.05, 0) is 43.9 Å². The Balaban J connectivity index is 1.49. The van der Waals surface area contributed by atoms with Gasteiger partial charge in [0.1, 0.15) is 0 Å². The average molecular weight is 194 g/mol. The fourth-order valence-electron chi connectivity index (χ4n) is 3.83. The number of fused-ring (bicyclic) bond motifs is 1. The molecule has 2 aliphatic carbocycles. The van der Waals surface area contributed by atoms with Crippen LogP contribution in [0.3, 0.4) is 0 Å². The van der Waals surface area contributed by atoms with Gasteiger partial charge in [-0.25, -0.2) is 0 Å². The Hall–Kier alpha value is -0.0800. The minimum Gasteiger partial charge on any atom is -0.328 e. The predicted octanol–water partition coefficient (Wildman–Crippen LogP) is 1.60. The summed E-state index contributed by atoms with van der Waals surface area (Å²) >= 11 is 0. The Morgan fingerprint density at radius 1 is 1.14 bits per heavy atom. The molecule has 0 amide bonds. The molecule has 0 bridgehead atoms. The van der Waals surface area contributed by atoms with Crippen molar-refractivity contribution in [1.82, 2.24) is 4.90 Å². The van der Waals surface area contributed by atoms with Crippen molar-refractivity contribution in [2.45, 2.75) is 50.6 Å². The molecule has 80 valence electrons. The number of nitrogens with zero attached hydrogens (tertiary/aromatic N) is 1. The monoisotopic (exact) mass is 194 g/mol. The first-order valence-corrected chi connectivity index (χ1v) is 6.32. The fourth-order valence-corrected chi connectivity index (χ4v) is 3.83. The van der Waals surface area contributed by atoms with Gasteiger partial charge >= 0.3 is 0 Å². The molecular weight excluding hydrogens is 172 g/mol. The van der Waals surface area contributed by atoms with E-state index in [9.17, 15) is 0 Å². The smallest absolute Gasteiger partial charge is 0.0136 e. The number of hydrogen-bond donors (Lipinski definition) is 1. The summed E-state index contributed by atoms with van der Waals surface area (Å²) in [7, 11) is 0. The lowest BCUT2D eigenvalue weighted by Gasteiger charge is -2.46. The number of rotatable bonds is 2. The summed E-state index contributed by atoms with van der Waals surface area (Å²) in [5.41, 5.74) is 5.95. The largest absolute Gasteiger partial charge is 0.328 e. The van der Waals surface area contributed by atoms with Gasteiger partial charge in [-0.1, -0.05) is 6.42 Å². The zero-order valence-electron chi connectivity index (χ0n) is 8.99. The summed E-state index contributed by atoms with van der Waals surface area (Å²) < 4.78 is 0. The van der Waals surface area contributed by atoms with Gasteiger partial charge in [0.25, 0.3) is 0 Å². The van der Waals surface area contributed by atoms with Gasteiger partial charge in [-0.15, -0.1) is 0 Å². The second-order valence-electron chi connectivity index (χ2n) is 5.65. The zero-order valence-corrected chi connectivity index (χ0v) is 8.99. The molecule has 2 nitrogen and oxygen atoms in total. The van der Waals surface area contributed by atoms with Crippen LogP contribution in [0.25, 0.3) is 0 Å². The standard InChI is InChI=1S/C12H22N2/c13-11-5-4-9(6-11)7-14-8-10-2-1-3-12(10)14/h9-12H,1-8,13H2. The van der Waals surface area contributed by atoms with Crippen LogP contribution < -0.4 is 5.73 Å². The molecule has 4 atom stereocenters. The van der Waals surface area contributed by atoms with Crippen LogP contribution in [0.1, 0.15) is 38.5 Å². The van der Waals surface area contributed by atoms with E-state index in [0.717, 1.165) is 17.9 Å². The minimum absolute atomic E-state index is 0.514. The molecule has 0 aromatic heterocycles. The molecule has 2 N–H and O–H groups in total. The second-order valence-corrected chi connectivity index (χ2v) is 5.65. The lowest BCUT2D eigenvalue weighted by atomic mass is 9.90. The van der Waals surface area contributed by atoms with Crippen molar-refractivity contribution in [2.24, 2.45) is 17.6 Å². The molecule has 3 fully saturated rings. The zero-order chi connectivity index (χ0) is 9.54. The maximum atomic E-state index is 5.95. The molecule has 1 saturated heterocycles. The molecule has 2 heteroatoms. The Morgan fingerprint density at radius 2 is 2.07 bits per heavy atom. The predicted molar refractivity (Wildman–Crippen MR) is 58.0 cm³/mol. The molecule has 14 heavy (non-hydrogen) atoms. The molecule has 4 unspecified atom stereocenters. The van der Waals surface area contributed by atoms with Gasteiger partial charge in [-0.2, -0.15) is 0 Å². The third-order valence-corrected chi connectivity index (χ3v) is 4.63. The number of hydrogen-bond acceptors (Lipinski definition) is 2. The van der Waals surface area contributed by atoms with Crippen LogP contribution in [0.15, 0.2) is 0 Å². The van der Waals surface area contributed by atoms with E-state index in [1.54, 1.807) is 0 Å². The highest BCUT2D eigenvalue weighted by Crippen LogP contribution is 2.40. The van der Waals surface area contributed by atoms with Crippen LogP contribution in [0.2, 0.25) is 0 Å². The van der Waals surface area contributed by atoms with E-state index in [0.29, 0.717) is 6.04 Å². The van der Waals surface area contributed by atoms with Gasteiger partial charge in [-0.3, -0.25) is 4.90 Å². The number of nitrogens with two attached hydrogens (primary N) is 1. The van der Waals surface area contributed by atoms with Crippen molar-refractivity contribution in [3.05, 3.63) is 0 Å². The molecular formula is C12H22N2. The van der Waals surface area contributed by atoms with Crippen molar-refractivity contribution in [2.75, 3.05) is 13.1 Å². The summed E-state index contributed by atoms with van der Waals surface area (Å²) in [4.78, 5) is 2.74. The summed E-state index contributed by atoms with van der Waals surface area (Å²) in [6, 6.07) is 1.49. The van der Waals surface area contributed by atoms with Gasteiger partial charge in [0.2, 0.25) is 0 Å². The van der Waals surface area contributed by atoms with Crippen LogP contribution in [0.4, 0.5) is 0 Å². The highest BCUT2D eigenvalue weighted by Gasteiger charge is 2.42. The maximum absolute atomic E-state index is 5.95. The van der Waals surface area contributed by atoms with Crippen LogP contribution in [0.5, 0.6) is 0 Å². The van der Waals surface area contributed by atoms with Gasteiger partial charge in [0.05, 0.1) is 0 Å².